The maximum absolute atomic E-state index is 12.3. The fourth-order valence-electron chi connectivity index (χ4n) is 6.23. The minimum absolute atomic E-state index is 0.0506. The molecule has 5 atom stereocenters. The van der Waals surface area contributed by atoms with Crippen LogP contribution in [0.2, 0.25) is 5.02 Å². The molecule has 0 spiro atoms. The summed E-state index contributed by atoms with van der Waals surface area (Å²) in [6.45, 7) is 2.37. The molecule has 4 heterocycles. The summed E-state index contributed by atoms with van der Waals surface area (Å²) >= 11 is 5.91. The zero-order valence-corrected chi connectivity index (χ0v) is 17.8. The van der Waals surface area contributed by atoms with Gasteiger partial charge in [-0.2, -0.15) is 0 Å². The summed E-state index contributed by atoms with van der Waals surface area (Å²) in [7, 11) is 0. The Bertz CT molecular complexity index is 765. The summed E-state index contributed by atoms with van der Waals surface area (Å²) in [6.07, 6.45) is 13.5. The molecule has 4 saturated heterocycles. The zero-order valence-electron chi connectivity index (χ0n) is 17.0. The lowest BCUT2D eigenvalue weighted by Gasteiger charge is -2.58. The number of piperidine rings is 4. The lowest BCUT2D eigenvalue weighted by atomic mass is 9.76. The van der Waals surface area contributed by atoms with E-state index in [1.165, 1.54) is 45.1 Å². The number of hydrogen-bond acceptors (Lipinski definition) is 4. The van der Waals surface area contributed by atoms with Crippen LogP contribution in [0, 0.1) is 0 Å². The van der Waals surface area contributed by atoms with Crippen LogP contribution in [0.5, 0.6) is 0 Å². The molecule has 1 aromatic rings. The summed E-state index contributed by atoms with van der Waals surface area (Å²) < 4.78 is 5.82. The van der Waals surface area contributed by atoms with Crippen molar-refractivity contribution >= 4 is 23.6 Å². The molecule has 4 fully saturated rings. The average Bonchev–Trinajstić information content (AvgIpc) is 2.73. The van der Waals surface area contributed by atoms with Crippen LogP contribution < -0.4 is 0 Å². The summed E-state index contributed by atoms with van der Waals surface area (Å²) in [4.78, 5) is 17.9. The van der Waals surface area contributed by atoms with Crippen molar-refractivity contribution in [3.63, 3.8) is 0 Å². The Balaban J connectivity index is 1.18. The molecule has 156 valence electrons. The van der Waals surface area contributed by atoms with E-state index in [-0.39, 0.29) is 12.1 Å². The number of hydrogen-bond donors (Lipinski definition) is 0. The standard InChI is InChI=1S/C24H31ClN2O2/c25-18-7-4-17(5-8-18)6-9-24(28)29-23-10-12-27-20-13-19-3-1-2-11-26(19)21(14-20)15-22(27)16-23/h4-9,19-23H,1-3,10-16H2/b9-6-/t19-,20+,21+,22-,23?/m1/s1. The van der Waals surface area contributed by atoms with Gasteiger partial charge in [0.2, 0.25) is 0 Å². The second-order valence-corrected chi connectivity index (χ2v) is 9.70. The largest absolute Gasteiger partial charge is 0.459 e. The van der Waals surface area contributed by atoms with Gasteiger partial charge in [0.25, 0.3) is 0 Å². The monoisotopic (exact) mass is 414 g/mol. The highest BCUT2D eigenvalue weighted by molar-refractivity contribution is 6.30. The lowest BCUT2D eigenvalue weighted by Crippen LogP contribution is -2.65. The Morgan fingerprint density at radius 1 is 0.897 bits per heavy atom. The minimum Gasteiger partial charge on any atom is -0.459 e. The molecule has 0 aromatic heterocycles. The van der Waals surface area contributed by atoms with Crippen molar-refractivity contribution in [2.24, 2.45) is 0 Å². The van der Waals surface area contributed by atoms with Gasteiger partial charge in [0.15, 0.2) is 0 Å². The van der Waals surface area contributed by atoms with Crippen LogP contribution in [-0.2, 0) is 9.53 Å². The van der Waals surface area contributed by atoms with Crippen molar-refractivity contribution in [3.8, 4) is 0 Å². The number of rotatable bonds is 3. The predicted molar refractivity (Wildman–Crippen MR) is 116 cm³/mol. The Hall–Kier alpha value is -1.36. The van der Waals surface area contributed by atoms with Crippen LogP contribution in [0.3, 0.4) is 0 Å². The van der Waals surface area contributed by atoms with E-state index in [2.05, 4.69) is 9.80 Å². The molecular weight excluding hydrogens is 384 g/mol. The molecule has 29 heavy (non-hydrogen) atoms. The van der Waals surface area contributed by atoms with Crippen LogP contribution >= 0.6 is 11.6 Å². The third-order valence-electron chi connectivity index (χ3n) is 7.52. The molecule has 4 aliphatic heterocycles. The maximum Gasteiger partial charge on any atom is 0.331 e. The quantitative estimate of drug-likeness (QED) is 0.537. The number of nitrogens with zero attached hydrogens (tertiary/aromatic N) is 2. The number of carbonyl (C=O) groups is 1. The molecule has 4 nitrogen and oxygen atoms in total. The first-order valence-electron chi connectivity index (χ1n) is 11.3. The highest BCUT2D eigenvalue weighted by Crippen LogP contribution is 2.42. The molecule has 4 aliphatic rings. The van der Waals surface area contributed by atoms with E-state index in [1.807, 2.05) is 24.3 Å². The van der Waals surface area contributed by atoms with E-state index in [0.29, 0.717) is 11.1 Å². The van der Waals surface area contributed by atoms with Crippen molar-refractivity contribution in [3.05, 3.63) is 40.9 Å². The number of carbonyl (C=O) groups excluding carboxylic acids is 1. The summed E-state index contributed by atoms with van der Waals surface area (Å²) in [5.74, 6) is -0.231. The van der Waals surface area contributed by atoms with Crippen molar-refractivity contribution < 1.29 is 9.53 Å². The van der Waals surface area contributed by atoms with Gasteiger partial charge >= 0.3 is 5.97 Å². The molecule has 0 N–H and O–H groups in total. The molecule has 5 rings (SSSR count). The summed E-state index contributed by atoms with van der Waals surface area (Å²) in [5, 5.41) is 0.699. The number of halogens is 1. The predicted octanol–water partition coefficient (Wildman–Crippen LogP) is 4.52. The first-order chi connectivity index (χ1) is 14.2. The Kier molecular flexibility index (Phi) is 5.68. The summed E-state index contributed by atoms with van der Waals surface area (Å²) in [6, 6.07) is 10.4. The second kappa shape index (κ2) is 8.41. The molecule has 5 heteroatoms. The maximum atomic E-state index is 12.3. The van der Waals surface area contributed by atoms with Crippen LogP contribution in [0.25, 0.3) is 6.08 Å². The van der Waals surface area contributed by atoms with E-state index >= 15 is 0 Å². The number of fused-ring (bicyclic) bond motifs is 6. The molecule has 1 aromatic carbocycles. The van der Waals surface area contributed by atoms with Crippen molar-refractivity contribution in [2.45, 2.75) is 81.6 Å². The van der Waals surface area contributed by atoms with Gasteiger partial charge in [0.1, 0.15) is 6.10 Å². The molecular formula is C24H31ClN2O2. The first-order valence-corrected chi connectivity index (χ1v) is 11.7. The van der Waals surface area contributed by atoms with E-state index in [0.717, 1.165) is 43.1 Å². The fraction of sp³-hybridized carbons (Fsp3) is 0.625. The van der Waals surface area contributed by atoms with Gasteiger partial charge in [-0.1, -0.05) is 30.2 Å². The third kappa shape index (κ3) is 4.26. The van der Waals surface area contributed by atoms with E-state index < -0.39 is 0 Å². The van der Waals surface area contributed by atoms with Gasteiger partial charge in [-0.3, -0.25) is 9.80 Å². The normalized spacial score (nSPS) is 35.1. The average molecular weight is 415 g/mol. The number of benzene rings is 1. The van der Waals surface area contributed by atoms with Crippen LogP contribution in [0.15, 0.2) is 30.3 Å². The molecule has 1 unspecified atom stereocenters. The zero-order chi connectivity index (χ0) is 19.8. The van der Waals surface area contributed by atoms with E-state index in [9.17, 15) is 4.79 Å². The van der Waals surface area contributed by atoms with Gasteiger partial charge in [0, 0.05) is 48.2 Å². The number of esters is 1. The van der Waals surface area contributed by atoms with Crippen molar-refractivity contribution in [1.29, 1.82) is 0 Å². The van der Waals surface area contributed by atoms with Gasteiger partial charge in [-0.15, -0.1) is 0 Å². The molecule has 2 bridgehead atoms. The van der Waals surface area contributed by atoms with Crippen LogP contribution in [0.4, 0.5) is 0 Å². The Morgan fingerprint density at radius 3 is 2.38 bits per heavy atom. The van der Waals surface area contributed by atoms with E-state index in [4.69, 9.17) is 16.3 Å². The SMILES string of the molecule is O=C(/C=C\c1ccc(Cl)cc1)OC1CCN2[C@@H]3C[C@@H](C[C@@H]2C1)N1CCCC[C@@H]1C3. The second-order valence-electron chi connectivity index (χ2n) is 9.26. The highest BCUT2D eigenvalue weighted by atomic mass is 35.5. The Morgan fingerprint density at radius 2 is 1.59 bits per heavy atom. The van der Waals surface area contributed by atoms with Gasteiger partial charge in [0.05, 0.1) is 0 Å². The van der Waals surface area contributed by atoms with Crippen LogP contribution in [0.1, 0.15) is 56.9 Å². The molecule has 0 amide bonds. The Labute approximate surface area is 178 Å². The summed E-state index contributed by atoms with van der Waals surface area (Å²) in [5.41, 5.74) is 0.956. The highest BCUT2D eigenvalue weighted by Gasteiger charge is 2.47. The third-order valence-corrected chi connectivity index (χ3v) is 7.77. The van der Waals surface area contributed by atoms with E-state index in [1.54, 1.807) is 12.2 Å². The number of ether oxygens (including phenoxy) is 1. The van der Waals surface area contributed by atoms with Crippen molar-refractivity contribution in [2.75, 3.05) is 13.1 Å². The molecule has 0 aliphatic carbocycles. The van der Waals surface area contributed by atoms with Crippen LogP contribution in [-0.4, -0.2) is 59.1 Å². The topological polar surface area (TPSA) is 32.8 Å². The first kappa shape index (κ1) is 19.6. The van der Waals surface area contributed by atoms with Gasteiger partial charge in [-0.25, -0.2) is 4.79 Å². The lowest BCUT2D eigenvalue weighted by molar-refractivity contribution is -0.149. The minimum atomic E-state index is -0.231. The smallest absolute Gasteiger partial charge is 0.331 e. The van der Waals surface area contributed by atoms with Gasteiger partial charge < -0.3 is 4.74 Å². The molecule has 0 radical (unpaired) electrons. The van der Waals surface area contributed by atoms with Gasteiger partial charge in [-0.05, 0) is 68.8 Å². The van der Waals surface area contributed by atoms with Crippen molar-refractivity contribution in [1.82, 2.24) is 9.80 Å². The fourth-order valence-corrected chi connectivity index (χ4v) is 6.35. The molecule has 0 saturated carbocycles.